The van der Waals surface area contributed by atoms with Gasteiger partial charge in [-0.1, -0.05) is 24.3 Å². The summed E-state index contributed by atoms with van der Waals surface area (Å²) in [5, 5.41) is 3.01. The number of aromatic nitrogens is 3. The molecule has 0 saturated carbocycles. The minimum absolute atomic E-state index is 0.0853. The number of para-hydroxylation sites is 1. The number of nitrogens with one attached hydrogen (secondary N) is 1. The lowest BCUT2D eigenvalue weighted by molar-refractivity contribution is -0.121. The van der Waals surface area contributed by atoms with E-state index >= 15 is 0 Å². The van der Waals surface area contributed by atoms with Crippen LogP contribution in [0.3, 0.4) is 0 Å². The van der Waals surface area contributed by atoms with E-state index in [-0.39, 0.29) is 17.5 Å². The molecule has 3 aromatic rings. The number of hydrogen-bond acceptors (Lipinski definition) is 5. The standard InChI is InChI=1S/C22H19N5O2/c1-14-11-25-18(13-24-14)20(28)27-10-8-22(19(27)15-5-4-9-23-12-15)16-6-2-3-7-17(16)26-21(22)29/h2-7,9,11-13,19H,8,10H2,1H3,(H,26,29). The zero-order chi connectivity index (χ0) is 20.0. The van der Waals surface area contributed by atoms with Gasteiger partial charge in [-0.3, -0.25) is 19.6 Å². The SMILES string of the molecule is Cc1cnc(C(=O)N2CCC3(C(=O)Nc4ccccc43)C2c2cccnc2)cn1. The van der Waals surface area contributed by atoms with Gasteiger partial charge in [-0.2, -0.15) is 0 Å². The van der Waals surface area contributed by atoms with E-state index in [1.165, 1.54) is 6.20 Å². The number of pyridine rings is 1. The summed E-state index contributed by atoms with van der Waals surface area (Å²) in [6.07, 6.45) is 7.01. The van der Waals surface area contributed by atoms with Crippen LogP contribution in [0.15, 0.2) is 61.2 Å². The van der Waals surface area contributed by atoms with Gasteiger partial charge >= 0.3 is 0 Å². The molecule has 0 aliphatic carbocycles. The van der Waals surface area contributed by atoms with Crippen molar-refractivity contribution in [3.05, 3.63) is 83.7 Å². The molecule has 1 spiro atoms. The average molecular weight is 385 g/mol. The molecule has 0 bridgehead atoms. The van der Waals surface area contributed by atoms with Gasteiger partial charge in [0.15, 0.2) is 0 Å². The lowest BCUT2D eigenvalue weighted by atomic mass is 9.73. The molecule has 1 saturated heterocycles. The zero-order valence-corrected chi connectivity index (χ0v) is 15.9. The third-order valence-corrected chi connectivity index (χ3v) is 5.85. The van der Waals surface area contributed by atoms with Crippen molar-refractivity contribution in [1.29, 1.82) is 0 Å². The molecule has 2 atom stereocenters. The topological polar surface area (TPSA) is 88.1 Å². The highest BCUT2D eigenvalue weighted by Crippen LogP contribution is 2.54. The van der Waals surface area contributed by atoms with E-state index in [0.29, 0.717) is 13.0 Å². The first-order chi connectivity index (χ1) is 14.1. The number of hydrogen-bond donors (Lipinski definition) is 1. The van der Waals surface area contributed by atoms with Crippen LogP contribution in [0, 0.1) is 6.92 Å². The first-order valence-electron chi connectivity index (χ1n) is 9.52. The second kappa shape index (κ2) is 6.48. The molecular formula is C22H19N5O2. The number of amides is 2. The third-order valence-electron chi connectivity index (χ3n) is 5.85. The molecule has 5 rings (SSSR count). The van der Waals surface area contributed by atoms with Gasteiger partial charge in [0, 0.05) is 30.8 Å². The van der Waals surface area contributed by atoms with E-state index in [9.17, 15) is 9.59 Å². The number of carbonyl (C=O) groups excluding carboxylic acids is 2. The fraction of sp³-hybridized carbons (Fsp3) is 0.227. The van der Waals surface area contributed by atoms with Gasteiger partial charge in [-0.25, -0.2) is 4.98 Å². The van der Waals surface area contributed by atoms with Crippen LogP contribution in [0.2, 0.25) is 0 Å². The van der Waals surface area contributed by atoms with Crippen molar-refractivity contribution in [1.82, 2.24) is 19.9 Å². The zero-order valence-electron chi connectivity index (χ0n) is 15.9. The summed E-state index contributed by atoms with van der Waals surface area (Å²) in [7, 11) is 0. The molecule has 7 nitrogen and oxygen atoms in total. The molecule has 1 aromatic carbocycles. The highest BCUT2D eigenvalue weighted by atomic mass is 16.2. The number of carbonyl (C=O) groups is 2. The van der Waals surface area contributed by atoms with Crippen molar-refractivity contribution in [2.45, 2.75) is 24.8 Å². The number of aryl methyl sites for hydroxylation is 1. The number of anilines is 1. The minimum Gasteiger partial charge on any atom is -0.329 e. The van der Waals surface area contributed by atoms with Gasteiger partial charge in [-0.05, 0) is 36.6 Å². The van der Waals surface area contributed by atoms with Crippen LogP contribution in [0.1, 0.15) is 39.8 Å². The maximum Gasteiger partial charge on any atom is 0.274 e. The molecule has 4 heterocycles. The van der Waals surface area contributed by atoms with E-state index in [2.05, 4.69) is 20.3 Å². The predicted octanol–water partition coefficient (Wildman–Crippen LogP) is 2.66. The molecule has 2 aliphatic rings. The number of rotatable bonds is 2. The van der Waals surface area contributed by atoms with Crippen molar-refractivity contribution in [2.75, 3.05) is 11.9 Å². The summed E-state index contributed by atoms with van der Waals surface area (Å²) in [5.41, 5.74) is 2.71. The molecular weight excluding hydrogens is 366 g/mol. The third kappa shape index (κ3) is 2.54. The summed E-state index contributed by atoms with van der Waals surface area (Å²) in [4.78, 5) is 41.1. The molecule has 7 heteroatoms. The van der Waals surface area contributed by atoms with E-state index in [4.69, 9.17) is 0 Å². The van der Waals surface area contributed by atoms with Crippen LogP contribution in [0.4, 0.5) is 5.69 Å². The Hall–Kier alpha value is -3.61. The van der Waals surface area contributed by atoms with Gasteiger partial charge < -0.3 is 10.2 Å². The average Bonchev–Trinajstić information content (AvgIpc) is 3.28. The van der Waals surface area contributed by atoms with Crippen LogP contribution in [0.5, 0.6) is 0 Å². The highest BCUT2D eigenvalue weighted by Gasteiger charge is 2.59. The number of nitrogens with zero attached hydrogens (tertiary/aromatic N) is 4. The Morgan fingerprint density at radius 1 is 1.14 bits per heavy atom. The smallest absolute Gasteiger partial charge is 0.274 e. The number of fused-ring (bicyclic) bond motifs is 2. The van der Waals surface area contributed by atoms with Crippen molar-refractivity contribution in [2.24, 2.45) is 0 Å². The van der Waals surface area contributed by atoms with Gasteiger partial charge in [0.25, 0.3) is 5.91 Å². The molecule has 2 unspecified atom stereocenters. The lowest BCUT2D eigenvalue weighted by Gasteiger charge is -2.34. The fourth-order valence-corrected chi connectivity index (χ4v) is 4.56. The molecule has 2 aliphatic heterocycles. The van der Waals surface area contributed by atoms with Crippen LogP contribution in [-0.4, -0.2) is 38.2 Å². The van der Waals surface area contributed by atoms with Gasteiger partial charge in [-0.15, -0.1) is 0 Å². The number of benzene rings is 1. The van der Waals surface area contributed by atoms with Crippen LogP contribution in [0.25, 0.3) is 0 Å². The van der Waals surface area contributed by atoms with Crippen molar-refractivity contribution in [3.8, 4) is 0 Å². The van der Waals surface area contributed by atoms with E-state index in [1.807, 2.05) is 43.3 Å². The summed E-state index contributed by atoms with van der Waals surface area (Å²) in [6, 6.07) is 11.0. The fourth-order valence-electron chi connectivity index (χ4n) is 4.56. The Bertz CT molecular complexity index is 1100. The van der Waals surface area contributed by atoms with Crippen LogP contribution < -0.4 is 5.32 Å². The molecule has 2 aromatic heterocycles. The van der Waals surface area contributed by atoms with Crippen LogP contribution >= 0.6 is 0 Å². The summed E-state index contributed by atoms with van der Waals surface area (Å²) in [5.74, 6) is -0.321. The molecule has 29 heavy (non-hydrogen) atoms. The molecule has 144 valence electrons. The van der Waals surface area contributed by atoms with Gasteiger partial charge in [0.2, 0.25) is 5.91 Å². The van der Waals surface area contributed by atoms with Crippen molar-refractivity contribution < 1.29 is 9.59 Å². The normalized spacial score (nSPS) is 22.6. The monoisotopic (exact) mass is 385 g/mol. The van der Waals surface area contributed by atoms with E-state index < -0.39 is 11.5 Å². The Kier molecular flexibility index (Phi) is 3.91. The molecule has 2 amide bonds. The Morgan fingerprint density at radius 3 is 2.76 bits per heavy atom. The molecule has 1 fully saturated rings. The maximum atomic E-state index is 13.4. The lowest BCUT2D eigenvalue weighted by Crippen LogP contribution is -2.42. The largest absolute Gasteiger partial charge is 0.329 e. The van der Waals surface area contributed by atoms with E-state index in [0.717, 1.165) is 22.5 Å². The van der Waals surface area contributed by atoms with Crippen LogP contribution in [-0.2, 0) is 10.2 Å². The van der Waals surface area contributed by atoms with E-state index in [1.54, 1.807) is 23.5 Å². The predicted molar refractivity (Wildman–Crippen MR) is 106 cm³/mol. The summed E-state index contributed by atoms with van der Waals surface area (Å²) < 4.78 is 0. The quantitative estimate of drug-likeness (QED) is 0.733. The maximum absolute atomic E-state index is 13.4. The van der Waals surface area contributed by atoms with Crippen molar-refractivity contribution >= 4 is 17.5 Å². The second-order valence-corrected chi connectivity index (χ2v) is 7.45. The van der Waals surface area contributed by atoms with Gasteiger partial charge in [0.05, 0.1) is 17.9 Å². The number of likely N-dealkylation sites (tertiary alicyclic amines) is 1. The second-order valence-electron chi connectivity index (χ2n) is 7.45. The minimum atomic E-state index is -0.854. The molecule has 1 N–H and O–H groups in total. The summed E-state index contributed by atoms with van der Waals surface area (Å²) in [6.45, 7) is 2.26. The van der Waals surface area contributed by atoms with Gasteiger partial charge in [0.1, 0.15) is 11.1 Å². The Labute approximate surface area is 167 Å². The van der Waals surface area contributed by atoms with Crippen molar-refractivity contribution in [3.63, 3.8) is 0 Å². The molecule has 0 radical (unpaired) electrons. The highest BCUT2D eigenvalue weighted by molar-refractivity contribution is 6.08. The first-order valence-corrected chi connectivity index (χ1v) is 9.52. The Balaban J connectivity index is 1.66. The Morgan fingerprint density at radius 2 is 2.00 bits per heavy atom. The first kappa shape index (κ1) is 17.5. The summed E-state index contributed by atoms with van der Waals surface area (Å²) >= 11 is 0.